The number of amides is 1. The Balaban J connectivity index is 2.65. The molecule has 0 saturated carbocycles. The van der Waals surface area contributed by atoms with E-state index in [9.17, 15) is 4.79 Å². The number of nitrogens with two attached hydrogens (primary N) is 1. The Kier molecular flexibility index (Phi) is 7.41. The molecular formula is C16H22N2O2. The molecule has 1 aromatic rings. The summed E-state index contributed by atoms with van der Waals surface area (Å²) in [5.41, 5.74) is 7.99. The lowest BCUT2D eigenvalue weighted by Gasteiger charge is -2.09. The molecule has 0 heterocycles. The second kappa shape index (κ2) is 9.13. The second-order valence-electron chi connectivity index (χ2n) is 4.40. The van der Waals surface area contributed by atoms with Crippen molar-refractivity contribution in [1.29, 1.82) is 0 Å². The largest absolute Gasteiger partial charge is 0.382 e. The fraction of sp³-hybridized carbons (Fsp3) is 0.438. The van der Waals surface area contributed by atoms with Gasteiger partial charge in [-0.25, -0.2) is 0 Å². The Bertz CT molecular complexity index is 501. The molecule has 0 fully saturated rings. The van der Waals surface area contributed by atoms with Crippen LogP contribution in [0.4, 0.5) is 5.69 Å². The zero-order valence-electron chi connectivity index (χ0n) is 12.2. The van der Waals surface area contributed by atoms with E-state index in [1.807, 2.05) is 32.0 Å². The first-order valence-electron chi connectivity index (χ1n) is 6.84. The van der Waals surface area contributed by atoms with Crippen molar-refractivity contribution in [1.82, 2.24) is 0 Å². The molecule has 0 bridgehead atoms. The van der Waals surface area contributed by atoms with Gasteiger partial charge in [0.2, 0.25) is 5.91 Å². The molecule has 1 amide bonds. The lowest BCUT2D eigenvalue weighted by molar-refractivity contribution is -0.116. The maximum Gasteiger partial charge on any atom is 0.224 e. The van der Waals surface area contributed by atoms with Crippen LogP contribution in [-0.4, -0.2) is 25.7 Å². The highest BCUT2D eigenvalue weighted by Crippen LogP contribution is 2.17. The molecule has 1 aromatic carbocycles. The van der Waals surface area contributed by atoms with Crippen LogP contribution in [0, 0.1) is 18.8 Å². The Morgan fingerprint density at radius 1 is 1.45 bits per heavy atom. The summed E-state index contributed by atoms with van der Waals surface area (Å²) in [6, 6.07) is 5.78. The van der Waals surface area contributed by atoms with Gasteiger partial charge < -0.3 is 15.8 Å². The first kappa shape index (κ1) is 16.2. The summed E-state index contributed by atoms with van der Waals surface area (Å²) in [6.45, 7) is 5.51. The topological polar surface area (TPSA) is 64.3 Å². The number of carbonyl (C=O) groups is 1. The lowest BCUT2D eigenvalue weighted by Crippen LogP contribution is -2.13. The van der Waals surface area contributed by atoms with Crippen molar-refractivity contribution in [2.75, 3.05) is 25.1 Å². The third-order valence-electron chi connectivity index (χ3n) is 2.67. The van der Waals surface area contributed by atoms with Crippen LogP contribution in [-0.2, 0) is 9.53 Å². The van der Waals surface area contributed by atoms with Crippen LogP contribution in [0.5, 0.6) is 0 Å². The van der Waals surface area contributed by atoms with E-state index < -0.39 is 0 Å². The van der Waals surface area contributed by atoms with E-state index >= 15 is 0 Å². The van der Waals surface area contributed by atoms with Crippen LogP contribution in [0.2, 0.25) is 0 Å². The average molecular weight is 274 g/mol. The maximum absolute atomic E-state index is 11.9. The number of hydrogen-bond donors (Lipinski definition) is 2. The third kappa shape index (κ3) is 5.87. The quantitative estimate of drug-likeness (QED) is 0.616. The van der Waals surface area contributed by atoms with Gasteiger partial charge >= 0.3 is 0 Å². The molecule has 0 radical (unpaired) electrons. The monoisotopic (exact) mass is 274 g/mol. The van der Waals surface area contributed by atoms with Gasteiger partial charge in [0.25, 0.3) is 0 Å². The zero-order valence-corrected chi connectivity index (χ0v) is 12.2. The predicted molar refractivity (Wildman–Crippen MR) is 81.5 cm³/mol. The molecule has 0 atom stereocenters. The number of benzene rings is 1. The number of rotatable bonds is 6. The van der Waals surface area contributed by atoms with Crippen LogP contribution in [0.3, 0.4) is 0 Å². The van der Waals surface area contributed by atoms with Crippen molar-refractivity contribution in [3.05, 3.63) is 29.3 Å². The SMILES string of the molecule is CCOCCCC(=O)Nc1cc(C)ccc1C#CCN. The van der Waals surface area contributed by atoms with Crippen molar-refractivity contribution in [2.45, 2.75) is 26.7 Å². The van der Waals surface area contributed by atoms with Gasteiger partial charge in [-0.1, -0.05) is 17.9 Å². The Morgan fingerprint density at radius 2 is 2.25 bits per heavy atom. The van der Waals surface area contributed by atoms with E-state index in [4.69, 9.17) is 10.5 Å². The Labute approximate surface area is 120 Å². The summed E-state index contributed by atoms with van der Waals surface area (Å²) < 4.78 is 5.21. The summed E-state index contributed by atoms with van der Waals surface area (Å²) >= 11 is 0. The lowest BCUT2D eigenvalue weighted by atomic mass is 10.1. The van der Waals surface area contributed by atoms with Gasteiger partial charge in [0.1, 0.15) is 0 Å². The highest BCUT2D eigenvalue weighted by atomic mass is 16.5. The fourth-order valence-electron chi connectivity index (χ4n) is 1.71. The van der Waals surface area contributed by atoms with Gasteiger partial charge in [-0.2, -0.15) is 0 Å². The van der Waals surface area contributed by atoms with Crippen molar-refractivity contribution in [3.63, 3.8) is 0 Å². The van der Waals surface area contributed by atoms with Crippen LogP contribution in [0.15, 0.2) is 18.2 Å². The molecule has 0 aliphatic heterocycles. The summed E-state index contributed by atoms with van der Waals surface area (Å²) in [5, 5.41) is 2.90. The van der Waals surface area contributed by atoms with E-state index in [1.54, 1.807) is 0 Å². The van der Waals surface area contributed by atoms with Crippen molar-refractivity contribution in [2.24, 2.45) is 5.73 Å². The number of ether oxygens (including phenoxy) is 1. The first-order valence-corrected chi connectivity index (χ1v) is 6.84. The minimum Gasteiger partial charge on any atom is -0.382 e. The van der Waals surface area contributed by atoms with Gasteiger partial charge in [0.15, 0.2) is 0 Å². The second-order valence-corrected chi connectivity index (χ2v) is 4.40. The van der Waals surface area contributed by atoms with Gasteiger partial charge in [-0.3, -0.25) is 4.79 Å². The molecule has 4 nitrogen and oxygen atoms in total. The molecule has 0 aliphatic rings. The van der Waals surface area contributed by atoms with E-state index in [0.717, 1.165) is 23.2 Å². The minimum atomic E-state index is -0.0221. The molecule has 0 unspecified atom stereocenters. The number of hydrogen-bond acceptors (Lipinski definition) is 3. The van der Waals surface area contributed by atoms with E-state index in [-0.39, 0.29) is 5.91 Å². The third-order valence-corrected chi connectivity index (χ3v) is 2.67. The number of aryl methyl sites for hydroxylation is 1. The normalized spacial score (nSPS) is 9.75. The summed E-state index contributed by atoms with van der Waals surface area (Å²) in [7, 11) is 0. The highest BCUT2D eigenvalue weighted by molar-refractivity contribution is 5.92. The molecule has 4 heteroatoms. The van der Waals surface area contributed by atoms with Crippen molar-refractivity contribution in [3.8, 4) is 11.8 Å². The van der Waals surface area contributed by atoms with E-state index in [1.165, 1.54) is 0 Å². The average Bonchev–Trinajstić information content (AvgIpc) is 2.43. The van der Waals surface area contributed by atoms with Gasteiger partial charge in [-0.05, 0) is 38.0 Å². The molecule has 1 rings (SSSR count). The van der Waals surface area contributed by atoms with Crippen molar-refractivity contribution < 1.29 is 9.53 Å². The van der Waals surface area contributed by atoms with Crippen molar-refractivity contribution >= 4 is 11.6 Å². The molecule has 0 aromatic heterocycles. The van der Waals surface area contributed by atoms with Gasteiger partial charge in [0, 0.05) is 25.2 Å². The molecular weight excluding hydrogens is 252 g/mol. The fourth-order valence-corrected chi connectivity index (χ4v) is 1.71. The van der Waals surface area contributed by atoms with Crippen LogP contribution < -0.4 is 11.1 Å². The van der Waals surface area contributed by atoms with Crippen LogP contribution in [0.1, 0.15) is 30.9 Å². The number of nitrogens with one attached hydrogen (secondary N) is 1. The minimum absolute atomic E-state index is 0.0221. The molecule has 3 N–H and O–H groups in total. The highest BCUT2D eigenvalue weighted by Gasteiger charge is 2.06. The Hall–Kier alpha value is -1.83. The zero-order chi connectivity index (χ0) is 14.8. The summed E-state index contributed by atoms with van der Waals surface area (Å²) in [4.78, 5) is 11.9. The summed E-state index contributed by atoms with van der Waals surface area (Å²) in [6.07, 6.45) is 1.16. The number of anilines is 1. The molecule has 20 heavy (non-hydrogen) atoms. The standard InChI is InChI=1S/C16H22N2O2/c1-3-20-11-5-7-16(19)18-15-12-13(2)8-9-14(15)6-4-10-17/h8-9,12H,3,5,7,10-11,17H2,1-2H3,(H,18,19). The Morgan fingerprint density at radius 3 is 2.95 bits per heavy atom. The summed E-state index contributed by atoms with van der Waals surface area (Å²) in [5.74, 6) is 5.75. The molecule has 0 saturated heterocycles. The first-order chi connectivity index (χ1) is 9.67. The van der Waals surface area contributed by atoms with E-state index in [0.29, 0.717) is 26.2 Å². The molecule has 0 spiro atoms. The predicted octanol–water partition coefficient (Wildman–Crippen LogP) is 2.06. The maximum atomic E-state index is 11.9. The van der Waals surface area contributed by atoms with Gasteiger partial charge in [-0.15, -0.1) is 0 Å². The van der Waals surface area contributed by atoms with Crippen LogP contribution >= 0.6 is 0 Å². The molecule has 108 valence electrons. The molecule has 0 aliphatic carbocycles. The van der Waals surface area contributed by atoms with Crippen LogP contribution in [0.25, 0.3) is 0 Å². The van der Waals surface area contributed by atoms with E-state index in [2.05, 4.69) is 17.2 Å². The smallest absolute Gasteiger partial charge is 0.224 e. The van der Waals surface area contributed by atoms with Gasteiger partial charge in [0.05, 0.1) is 12.2 Å². The number of carbonyl (C=O) groups excluding carboxylic acids is 1.